The summed E-state index contributed by atoms with van der Waals surface area (Å²) in [5.41, 5.74) is 6.85. The molecule has 4 nitrogen and oxygen atoms in total. The molecule has 1 unspecified atom stereocenters. The van der Waals surface area contributed by atoms with E-state index in [1.54, 1.807) is 22.7 Å². The summed E-state index contributed by atoms with van der Waals surface area (Å²) >= 11 is 3.27. The molecule has 0 aliphatic rings. The van der Waals surface area contributed by atoms with E-state index in [1.807, 2.05) is 10.9 Å². The molecule has 18 heavy (non-hydrogen) atoms. The van der Waals surface area contributed by atoms with Gasteiger partial charge in [0.05, 0.1) is 27.9 Å². The predicted molar refractivity (Wildman–Crippen MR) is 76.7 cm³/mol. The minimum Gasteiger partial charge on any atom is -0.271 e. The maximum Gasteiger partial charge on any atom is 0.0948 e. The predicted octanol–water partition coefficient (Wildman–Crippen LogP) is 2.64. The lowest BCUT2D eigenvalue weighted by Crippen LogP contribution is -2.29. The van der Waals surface area contributed by atoms with Crippen LogP contribution in [0.4, 0.5) is 0 Å². The highest BCUT2D eigenvalue weighted by molar-refractivity contribution is 7.09. The average molecular weight is 282 g/mol. The van der Waals surface area contributed by atoms with Crippen LogP contribution in [0.1, 0.15) is 43.2 Å². The normalized spacial score (nSPS) is 13.8. The summed E-state index contributed by atoms with van der Waals surface area (Å²) in [5, 5.41) is 5.24. The van der Waals surface area contributed by atoms with Crippen molar-refractivity contribution in [3.05, 3.63) is 32.7 Å². The number of rotatable bonds is 4. The van der Waals surface area contributed by atoms with Crippen LogP contribution in [0.15, 0.2) is 16.3 Å². The molecule has 0 fully saturated rings. The first-order chi connectivity index (χ1) is 8.50. The van der Waals surface area contributed by atoms with Gasteiger partial charge in [-0.15, -0.1) is 22.7 Å². The second kappa shape index (κ2) is 5.44. The van der Waals surface area contributed by atoms with Crippen molar-refractivity contribution in [2.45, 2.75) is 38.6 Å². The molecule has 3 N–H and O–H groups in total. The lowest BCUT2D eigenvalue weighted by Gasteiger charge is -2.15. The molecule has 2 rings (SSSR count). The fourth-order valence-electron chi connectivity index (χ4n) is 1.57. The van der Waals surface area contributed by atoms with Gasteiger partial charge in [-0.2, -0.15) is 0 Å². The molecule has 2 aromatic heterocycles. The van der Waals surface area contributed by atoms with Crippen molar-refractivity contribution in [3.63, 3.8) is 0 Å². The van der Waals surface area contributed by atoms with Crippen LogP contribution in [0.3, 0.4) is 0 Å². The van der Waals surface area contributed by atoms with Crippen LogP contribution >= 0.6 is 22.7 Å². The van der Waals surface area contributed by atoms with Gasteiger partial charge < -0.3 is 0 Å². The van der Waals surface area contributed by atoms with Gasteiger partial charge in [0.1, 0.15) is 0 Å². The molecule has 0 aliphatic heterocycles. The van der Waals surface area contributed by atoms with Crippen molar-refractivity contribution in [1.29, 1.82) is 0 Å². The summed E-state index contributed by atoms with van der Waals surface area (Å²) in [6, 6.07) is 0.0372. The number of hydrazine groups is 1. The molecule has 0 aliphatic carbocycles. The molecule has 0 saturated heterocycles. The van der Waals surface area contributed by atoms with E-state index in [9.17, 15) is 0 Å². The van der Waals surface area contributed by atoms with Crippen LogP contribution in [0, 0.1) is 0 Å². The van der Waals surface area contributed by atoms with Crippen LogP contribution < -0.4 is 11.3 Å². The summed E-state index contributed by atoms with van der Waals surface area (Å²) in [6.45, 7) is 6.51. The Kier molecular flexibility index (Phi) is 4.11. The number of nitrogens with zero attached hydrogens (tertiary/aromatic N) is 2. The van der Waals surface area contributed by atoms with E-state index in [2.05, 4.69) is 41.5 Å². The fraction of sp³-hybridized carbons (Fsp3) is 0.500. The van der Waals surface area contributed by atoms with Crippen LogP contribution in [0.25, 0.3) is 0 Å². The lowest BCUT2D eigenvalue weighted by atomic mass is 9.93. The van der Waals surface area contributed by atoms with Crippen LogP contribution in [0.5, 0.6) is 0 Å². The van der Waals surface area contributed by atoms with Gasteiger partial charge in [-0.25, -0.2) is 9.97 Å². The third-order valence-corrected chi connectivity index (χ3v) is 4.18. The van der Waals surface area contributed by atoms with Crippen molar-refractivity contribution in [3.8, 4) is 0 Å². The molecule has 0 amide bonds. The molecule has 0 bridgehead atoms. The van der Waals surface area contributed by atoms with E-state index < -0.39 is 0 Å². The van der Waals surface area contributed by atoms with E-state index in [0.29, 0.717) is 0 Å². The van der Waals surface area contributed by atoms with Crippen LogP contribution in [-0.2, 0) is 11.8 Å². The largest absolute Gasteiger partial charge is 0.271 e. The molecule has 0 spiro atoms. The van der Waals surface area contributed by atoms with Gasteiger partial charge in [-0.05, 0) is 0 Å². The van der Waals surface area contributed by atoms with E-state index in [0.717, 1.165) is 22.8 Å². The quantitative estimate of drug-likeness (QED) is 0.668. The van der Waals surface area contributed by atoms with Gasteiger partial charge >= 0.3 is 0 Å². The number of nitrogens with one attached hydrogen (secondary N) is 1. The van der Waals surface area contributed by atoms with Gasteiger partial charge in [-0.1, -0.05) is 20.8 Å². The van der Waals surface area contributed by atoms with Crippen LogP contribution in [0.2, 0.25) is 0 Å². The second-order valence-corrected chi connectivity index (χ2v) is 6.87. The standard InChI is InChI=1S/C12H18N4S2/c1-12(2,3)10-6-18-11(15-10)4-8(16-13)9-5-17-7-14-9/h5-8,16H,4,13H2,1-3H3. The van der Waals surface area contributed by atoms with Gasteiger partial charge in [0.2, 0.25) is 0 Å². The zero-order chi connectivity index (χ0) is 13.2. The van der Waals surface area contributed by atoms with Crippen molar-refractivity contribution >= 4 is 22.7 Å². The minimum atomic E-state index is 0.0372. The Hall–Kier alpha value is -0.820. The Balaban J connectivity index is 2.11. The monoisotopic (exact) mass is 282 g/mol. The van der Waals surface area contributed by atoms with Gasteiger partial charge in [-0.3, -0.25) is 11.3 Å². The van der Waals surface area contributed by atoms with Gasteiger partial charge in [0.25, 0.3) is 0 Å². The van der Waals surface area contributed by atoms with Crippen molar-refractivity contribution in [2.24, 2.45) is 5.84 Å². The third-order valence-electron chi connectivity index (χ3n) is 2.71. The molecule has 2 heterocycles. The highest BCUT2D eigenvalue weighted by Crippen LogP contribution is 2.26. The number of hydrogen-bond acceptors (Lipinski definition) is 6. The molecular weight excluding hydrogens is 264 g/mol. The summed E-state index contributed by atoms with van der Waals surface area (Å²) < 4.78 is 0. The maximum atomic E-state index is 5.60. The van der Waals surface area contributed by atoms with Gasteiger partial charge in [0.15, 0.2) is 0 Å². The number of hydrogen-bond donors (Lipinski definition) is 2. The fourth-order valence-corrected chi connectivity index (χ4v) is 3.24. The molecule has 2 aromatic rings. The van der Waals surface area contributed by atoms with Crippen molar-refractivity contribution in [1.82, 2.24) is 15.4 Å². The average Bonchev–Trinajstić information content (AvgIpc) is 2.95. The molecule has 1 atom stereocenters. The molecular formula is C12H18N4S2. The minimum absolute atomic E-state index is 0.0372. The molecule has 98 valence electrons. The van der Waals surface area contributed by atoms with Gasteiger partial charge in [0, 0.05) is 22.6 Å². The third kappa shape index (κ3) is 3.14. The summed E-state index contributed by atoms with van der Waals surface area (Å²) in [7, 11) is 0. The van der Waals surface area contributed by atoms with E-state index in [-0.39, 0.29) is 11.5 Å². The number of nitrogens with two attached hydrogens (primary N) is 1. The zero-order valence-corrected chi connectivity index (χ0v) is 12.4. The Morgan fingerprint density at radius 1 is 1.39 bits per heavy atom. The smallest absolute Gasteiger partial charge is 0.0948 e. The second-order valence-electron chi connectivity index (χ2n) is 5.21. The van der Waals surface area contributed by atoms with E-state index in [1.165, 1.54) is 0 Å². The first-order valence-corrected chi connectivity index (χ1v) is 7.62. The topological polar surface area (TPSA) is 63.8 Å². The van der Waals surface area contributed by atoms with Crippen LogP contribution in [-0.4, -0.2) is 9.97 Å². The summed E-state index contributed by atoms with van der Waals surface area (Å²) in [4.78, 5) is 8.97. The van der Waals surface area contributed by atoms with Crippen molar-refractivity contribution in [2.75, 3.05) is 0 Å². The summed E-state index contributed by atoms with van der Waals surface area (Å²) in [6.07, 6.45) is 0.779. The Morgan fingerprint density at radius 3 is 2.67 bits per heavy atom. The molecule has 0 saturated carbocycles. The summed E-state index contributed by atoms with van der Waals surface area (Å²) in [5.74, 6) is 5.60. The molecule has 6 heteroatoms. The van der Waals surface area contributed by atoms with E-state index >= 15 is 0 Å². The zero-order valence-electron chi connectivity index (χ0n) is 10.8. The molecule has 0 aromatic carbocycles. The highest BCUT2D eigenvalue weighted by atomic mass is 32.1. The Morgan fingerprint density at radius 2 is 2.17 bits per heavy atom. The first-order valence-electron chi connectivity index (χ1n) is 5.80. The highest BCUT2D eigenvalue weighted by Gasteiger charge is 2.19. The first kappa shape index (κ1) is 13.6. The number of thiazole rings is 2. The lowest BCUT2D eigenvalue weighted by molar-refractivity contribution is 0.532. The maximum absolute atomic E-state index is 5.60. The van der Waals surface area contributed by atoms with Crippen molar-refractivity contribution < 1.29 is 0 Å². The van der Waals surface area contributed by atoms with E-state index in [4.69, 9.17) is 5.84 Å². The SMILES string of the molecule is CC(C)(C)c1csc(CC(NN)c2cscn2)n1. The Labute approximate surface area is 115 Å². The Bertz CT molecular complexity index is 484. The number of aromatic nitrogens is 2. The molecule has 0 radical (unpaired) electrons.